The highest BCUT2D eigenvalue weighted by molar-refractivity contribution is 6.30. The van der Waals surface area contributed by atoms with E-state index < -0.39 is 0 Å². The third kappa shape index (κ3) is 3.32. The Hall–Kier alpha value is -1.43. The van der Waals surface area contributed by atoms with E-state index in [1.54, 1.807) is 4.68 Å². The molecule has 0 amide bonds. The summed E-state index contributed by atoms with van der Waals surface area (Å²) in [5.41, 5.74) is 8.27. The molecule has 1 unspecified atom stereocenters. The second kappa shape index (κ2) is 5.99. The van der Waals surface area contributed by atoms with Crippen LogP contribution in [-0.2, 0) is 6.54 Å². The maximum Gasteiger partial charge on any atom is 0.0971 e. The third-order valence-electron chi connectivity index (χ3n) is 4.41. The minimum absolute atomic E-state index is 0.143. The van der Waals surface area contributed by atoms with Crippen molar-refractivity contribution in [2.75, 3.05) is 13.1 Å². The summed E-state index contributed by atoms with van der Waals surface area (Å²) in [4.78, 5) is 2.40. The maximum absolute atomic E-state index is 6.19. The smallest absolute Gasteiger partial charge is 0.0971 e. The molecule has 1 aliphatic heterocycles. The molecule has 3 rings (SSSR count). The van der Waals surface area contributed by atoms with E-state index in [1.165, 1.54) is 0 Å². The van der Waals surface area contributed by atoms with Crippen LogP contribution in [0, 0.1) is 5.41 Å². The number of likely N-dealkylation sites (tertiary alicyclic amines) is 1. The van der Waals surface area contributed by atoms with Crippen LogP contribution in [0.5, 0.6) is 0 Å². The fourth-order valence-corrected chi connectivity index (χ4v) is 3.07. The minimum Gasteiger partial charge on any atom is -0.327 e. The highest BCUT2D eigenvalue weighted by Gasteiger charge is 2.33. The number of aromatic nitrogens is 3. The van der Waals surface area contributed by atoms with E-state index >= 15 is 0 Å². The molecule has 0 bridgehead atoms. The maximum atomic E-state index is 6.19. The first-order valence-electron chi connectivity index (χ1n) is 7.59. The highest BCUT2D eigenvalue weighted by Crippen LogP contribution is 2.28. The Morgan fingerprint density at radius 1 is 1.32 bits per heavy atom. The molecule has 1 aromatic carbocycles. The van der Waals surface area contributed by atoms with Gasteiger partial charge < -0.3 is 5.73 Å². The van der Waals surface area contributed by atoms with Crippen LogP contribution in [0.2, 0.25) is 5.02 Å². The lowest BCUT2D eigenvalue weighted by Crippen LogP contribution is -2.52. The zero-order chi connectivity index (χ0) is 15.7. The van der Waals surface area contributed by atoms with Gasteiger partial charge in [-0.15, -0.1) is 5.10 Å². The SMILES string of the molecule is CC1(C)CN(Cc2cn(-c3ccc(Cl)cc3)nn2)CCC1N. The summed E-state index contributed by atoms with van der Waals surface area (Å²) in [5.74, 6) is 0. The second-order valence-electron chi connectivity index (χ2n) is 6.73. The quantitative estimate of drug-likeness (QED) is 0.944. The molecule has 1 aliphatic rings. The second-order valence-corrected chi connectivity index (χ2v) is 7.16. The average molecular weight is 320 g/mol. The van der Waals surface area contributed by atoms with Crippen molar-refractivity contribution in [2.24, 2.45) is 11.1 Å². The van der Waals surface area contributed by atoms with Gasteiger partial charge in [0.15, 0.2) is 0 Å². The molecule has 0 radical (unpaired) electrons. The zero-order valence-electron chi connectivity index (χ0n) is 13.0. The summed E-state index contributed by atoms with van der Waals surface area (Å²) in [6, 6.07) is 7.85. The minimum atomic E-state index is 0.143. The van der Waals surface area contributed by atoms with Crippen molar-refractivity contribution in [3.05, 3.63) is 41.2 Å². The molecule has 1 fully saturated rings. The van der Waals surface area contributed by atoms with Crippen molar-refractivity contribution in [1.82, 2.24) is 19.9 Å². The van der Waals surface area contributed by atoms with Crippen LogP contribution in [0.25, 0.3) is 5.69 Å². The Balaban J connectivity index is 1.68. The van der Waals surface area contributed by atoms with Crippen molar-refractivity contribution >= 4 is 11.6 Å². The van der Waals surface area contributed by atoms with Crippen LogP contribution < -0.4 is 5.73 Å². The molecule has 6 heteroatoms. The summed E-state index contributed by atoms with van der Waals surface area (Å²) in [7, 11) is 0. The Morgan fingerprint density at radius 2 is 2.05 bits per heavy atom. The van der Waals surface area contributed by atoms with E-state index in [2.05, 4.69) is 29.1 Å². The van der Waals surface area contributed by atoms with Gasteiger partial charge in [0.05, 0.1) is 17.6 Å². The summed E-state index contributed by atoms with van der Waals surface area (Å²) >= 11 is 5.91. The van der Waals surface area contributed by atoms with Gasteiger partial charge in [-0.25, -0.2) is 4.68 Å². The molecule has 1 saturated heterocycles. The van der Waals surface area contributed by atoms with Gasteiger partial charge in [0, 0.05) is 30.7 Å². The van der Waals surface area contributed by atoms with Gasteiger partial charge in [-0.3, -0.25) is 4.90 Å². The topological polar surface area (TPSA) is 60.0 Å². The Labute approximate surface area is 136 Å². The van der Waals surface area contributed by atoms with E-state index in [-0.39, 0.29) is 11.5 Å². The fraction of sp³-hybridized carbons (Fsp3) is 0.500. The lowest BCUT2D eigenvalue weighted by Gasteiger charge is -2.42. The van der Waals surface area contributed by atoms with Gasteiger partial charge in [-0.05, 0) is 36.1 Å². The molecule has 0 spiro atoms. The van der Waals surface area contributed by atoms with Crippen LogP contribution in [0.15, 0.2) is 30.5 Å². The molecule has 0 aliphatic carbocycles. The monoisotopic (exact) mass is 319 g/mol. The largest absolute Gasteiger partial charge is 0.327 e. The van der Waals surface area contributed by atoms with Crippen LogP contribution in [0.1, 0.15) is 26.0 Å². The average Bonchev–Trinajstić information content (AvgIpc) is 2.92. The lowest BCUT2D eigenvalue weighted by atomic mass is 9.80. The highest BCUT2D eigenvalue weighted by atomic mass is 35.5. The van der Waals surface area contributed by atoms with Crippen molar-refractivity contribution in [1.29, 1.82) is 0 Å². The first kappa shape index (κ1) is 15.5. The van der Waals surface area contributed by atoms with Gasteiger partial charge >= 0.3 is 0 Å². The molecule has 22 heavy (non-hydrogen) atoms. The van der Waals surface area contributed by atoms with Crippen molar-refractivity contribution in [3.63, 3.8) is 0 Å². The molecule has 0 saturated carbocycles. The summed E-state index contributed by atoms with van der Waals surface area (Å²) in [5, 5.41) is 9.21. The Morgan fingerprint density at radius 3 is 2.73 bits per heavy atom. The van der Waals surface area contributed by atoms with Crippen LogP contribution >= 0.6 is 11.6 Å². The number of hydrogen-bond donors (Lipinski definition) is 1. The summed E-state index contributed by atoms with van der Waals surface area (Å²) < 4.78 is 1.78. The number of benzene rings is 1. The van der Waals surface area contributed by atoms with Gasteiger partial charge in [0.2, 0.25) is 0 Å². The van der Waals surface area contributed by atoms with Crippen molar-refractivity contribution in [2.45, 2.75) is 32.9 Å². The molecule has 5 nitrogen and oxygen atoms in total. The molecule has 1 aromatic heterocycles. The first-order chi connectivity index (χ1) is 10.4. The zero-order valence-corrected chi connectivity index (χ0v) is 13.8. The van der Waals surface area contributed by atoms with Crippen molar-refractivity contribution in [3.8, 4) is 5.69 Å². The van der Waals surface area contributed by atoms with E-state index in [0.29, 0.717) is 0 Å². The van der Waals surface area contributed by atoms with E-state index in [9.17, 15) is 0 Å². The van der Waals surface area contributed by atoms with Crippen LogP contribution in [-0.4, -0.2) is 39.0 Å². The van der Waals surface area contributed by atoms with Crippen LogP contribution in [0.4, 0.5) is 0 Å². The molecular weight excluding hydrogens is 298 g/mol. The number of piperidine rings is 1. The van der Waals surface area contributed by atoms with Gasteiger partial charge in [-0.2, -0.15) is 0 Å². The molecule has 1 atom stereocenters. The predicted molar refractivity (Wildman–Crippen MR) is 88.0 cm³/mol. The van der Waals surface area contributed by atoms with Gasteiger partial charge in [-0.1, -0.05) is 30.7 Å². The number of rotatable bonds is 3. The van der Waals surface area contributed by atoms with E-state index in [4.69, 9.17) is 17.3 Å². The molecular formula is C16H22ClN5. The molecule has 2 aromatic rings. The van der Waals surface area contributed by atoms with Gasteiger partial charge in [0.1, 0.15) is 0 Å². The third-order valence-corrected chi connectivity index (χ3v) is 4.66. The van der Waals surface area contributed by atoms with Gasteiger partial charge in [0.25, 0.3) is 0 Å². The van der Waals surface area contributed by atoms with Crippen molar-refractivity contribution < 1.29 is 0 Å². The normalized spacial score (nSPS) is 21.9. The Kier molecular flexibility index (Phi) is 4.21. The fourth-order valence-electron chi connectivity index (χ4n) is 2.94. The van der Waals surface area contributed by atoms with E-state index in [0.717, 1.165) is 42.5 Å². The number of nitrogens with zero attached hydrogens (tertiary/aromatic N) is 4. The standard InChI is InChI=1S/C16H22ClN5/c1-16(2)11-21(8-7-15(16)18)9-13-10-22(20-19-13)14-5-3-12(17)4-6-14/h3-6,10,15H,7-9,11,18H2,1-2H3. The first-order valence-corrected chi connectivity index (χ1v) is 7.97. The lowest BCUT2D eigenvalue weighted by molar-refractivity contribution is 0.0889. The number of nitrogens with two attached hydrogens (primary N) is 1. The number of hydrogen-bond acceptors (Lipinski definition) is 4. The number of halogens is 1. The molecule has 2 heterocycles. The predicted octanol–water partition coefficient (Wildman–Crippen LogP) is 2.48. The Bertz CT molecular complexity index is 634. The molecule has 2 N–H and O–H groups in total. The summed E-state index contributed by atoms with van der Waals surface area (Å²) in [6.07, 6.45) is 3.00. The summed E-state index contributed by atoms with van der Waals surface area (Å²) in [6.45, 7) is 7.27. The molecule has 118 valence electrons. The van der Waals surface area contributed by atoms with E-state index in [1.807, 2.05) is 30.5 Å². The van der Waals surface area contributed by atoms with Crippen LogP contribution in [0.3, 0.4) is 0 Å².